The zero-order chi connectivity index (χ0) is 19.2. The Hall–Kier alpha value is -1.51. The molecule has 6 nitrogen and oxygen atoms in total. The van der Waals surface area contributed by atoms with Crippen molar-refractivity contribution in [2.45, 2.75) is 44.4 Å². The Balaban J connectivity index is 2.19. The van der Waals surface area contributed by atoms with E-state index in [1.165, 1.54) is 16.4 Å². The minimum Gasteiger partial charge on any atom is -0.379 e. The van der Waals surface area contributed by atoms with Gasteiger partial charge in [0, 0.05) is 24.7 Å². The number of rotatable bonds is 8. The number of benzene rings is 1. The van der Waals surface area contributed by atoms with Gasteiger partial charge in [-0.3, -0.25) is 4.79 Å². The first-order valence-corrected chi connectivity index (χ1v) is 10.5. The first-order valence-electron chi connectivity index (χ1n) is 9.08. The minimum absolute atomic E-state index is 0.140. The summed E-state index contributed by atoms with van der Waals surface area (Å²) < 4.78 is 45.9. The van der Waals surface area contributed by atoms with E-state index in [-0.39, 0.29) is 43.8 Å². The van der Waals surface area contributed by atoms with Crippen LogP contribution >= 0.6 is 0 Å². The molecule has 1 N–H and O–H groups in total. The summed E-state index contributed by atoms with van der Waals surface area (Å²) in [5, 5.41) is 2.73. The molecule has 0 aromatic heterocycles. The number of hydrogen-bond acceptors (Lipinski definition) is 4. The number of nitrogens with one attached hydrogen (secondary N) is 1. The molecule has 1 heterocycles. The summed E-state index contributed by atoms with van der Waals surface area (Å²) in [5.74, 6) is -1.13. The average Bonchev–Trinajstić information content (AvgIpc) is 2.64. The van der Waals surface area contributed by atoms with E-state index >= 15 is 0 Å². The van der Waals surface area contributed by atoms with Gasteiger partial charge in [0.25, 0.3) is 0 Å². The molecule has 1 aromatic carbocycles. The zero-order valence-corrected chi connectivity index (χ0v) is 16.1. The summed E-state index contributed by atoms with van der Waals surface area (Å²) in [6, 6.07) is 3.67. The molecule has 1 amide bonds. The molecule has 1 saturated heterocycles. The monoisotopic (exact) mass is 386 g/mol. The van der Waals surface area contributed by atoms with Gasteiger partial charge >= 0.3 is 0 Å². The van der Waals surface area contributed by atoms with Crippen LogP contribution in [0.25, 0.3) is 0 Å². The molecule has 1 atom stereocenters. The quantitative estimate of drug-likeness (QED) is 0.745. The Morgan fingerprint density at radius 1 is 1.31 bits per heavy atom. The highest BCUT2D eigenvalue weighted by atomic mass is 32.2. The highest BCUT2D eigenvalue weighted by Gasteiger charge is 2.29. The molecule has 0 radical (unpaired) electrons. The highest BCUT2D eigenvalue weighted by molar-refractivity contribution is 7.89. The van der Waals surface area contributed by atoms with Crippen LogP contribution in [-0.2, 0) is 19.6 Å². The number of hydrogen-bond donors (Lipinski definition) is 1. The molecule has 1 aliphatic heterocycles. The lowest BCUT2D eigenvalue weighted by molar-refractivity contribution is -0.120. The lowest BCUT2D eigenvalue weighted by atomic mass is 9.98. The fourth-order valence-corrected chi connectivity index (χ4v) is 4.42. The number of sulfonamides is 1. The normalized spacial score (nSPS) is 17.0. The second-order valence-electron chi connectivity index (χ2n) is 6.40. The standard InChI is InChI=1S/C18H27FN2O4S/c1-3-5-6-14(4-2)18(22)20-15-7-8-16(19)17(13-15)26(23,24)21-9-11-25-12-10-21/h7-8,13-14H,3-6,9-12H2,1-2H3,(H,20,22). The molecule has 1 aromatic rings. The van der Waals surface area contributed by atoms with Crippen molar-refractivity contribution < 1.29 is 22.3 Å². The van der Waals surface area contributed by atoms with Gasteiger partial charge in [0.2, 0.25) is 15.9 Å². The number of anilines is 1. The fourth-order valence-electron chi connectivity index (χ4n) is 2.92. The van der Waals surface area contributed by atoms with Gasteiger partial charge in [-0.05, 0) is 31.0 Å². The van der Waals surface area contributed by atoms with Gasteiger partial charge in [-0.1, -0.05) is 26.7 Å². The van der Waals surface area contributed by atoms with E-state index in [0.29, 0.717) is 6.42 Å². The molecule has 1 aliphatic rings. The summed E-state index contributed by atoms with van der Waals surface area (Å²) >= 11 is 0. The minimum atomic E-state index is -3.96. The predicted octanol–water partition coefficient (Wildman–Crippen LogP) is 3.00. The number of carbonyl (C=O) groups is 1. The van der Waals surface area contributed by atoms with Crippen molar-refractivity contribution >= 4 is 21.6 Å². The van der Waals surface area contributed by atoms with Crippen molar-refractivity contribution in [3.63, 3.8) is 0 Å². The van der Waals surface area contributed by atoms with Crippen molar-refractivity contribution in [1.82, 2.24) is 4.31 Å². The van der Waals surface area contributed by atoms with Crippen LogP contribution in [0.5, 0.6) is 0 Å². The van der Waals surface area contributed by atoms with Crippen LogP contribution in [-0.4, -0.2) is 44.9 Å². The Morgan fingerprint density at radius 2 is 2.00 bits per heavy atom. The van der Waals surface area contributed by atoms with E-state index in [0.717, 1.165) is 25.3 Å². The molecule has 0 spiro atoms. The number of amides is 1. The molecule has 146 valence electrons. The van der Waals surface area contributed by atoms with E-state index in [2.05, 4.69) is 12.2 Å². The molecule has 2 rings (SSSR count). The molecule has 1 unspecified atom stereocenters. The molecule has 26 heavy (non-hydrogen) atoms. The molecular formula is C18H27FN2O4S. The Kier molecular flexibility index (Phi) is 7.55. The van der Waals surface area contributed by atoms with Gasteiger partial charge in [0.15, 0.2) is 0 Å². The number of ether oxygens (including phenoxy) is 1. The van der Waals surface area contributed by atoms with Crippen LogP contribution in [0, 0.1) is 11.7 Å². The smallest absolute Gasteiger partial charge is 0.246 e. The highest BCUT2D eigenvalue weighted by Crippen LogP contribution is 2.25. The molecule has 0 saturated carbocycles. The van der Waals surface area contributed by atoms with Crippen LogP contribution in [0.1, 0.15) is 39.5 Å². The Labute approximate surface area is 154 Å². The van der Waals surface area contributed by atoms with Crippen molar-refractivity contribution in [3.8, 4) is 0 Å². The van der Waals surface area contributed by atoms with E-state index in [9.17, 15) is 17.6 Å². The van der Waals surface area contributed by atoms with Crippen molar-refractivity contribution in [3.05, 3.63) is 24.0 Å². The lowest BCUT2D eigenvalue weighted by Crippen LogP contribution is -2.40. The van der Waals surface area contributed by atoms with Crippen LogP contribution in [0.15, 0.2) is 23.1 Å². The van der Waals surface area contributed by atoms with Crippen LogP contribution in [0.3, 0.4) is 0 Å². The SMILES string of the molecule is CCCCC(CC)C(=O)Nc1ccc(F)c(S(=O)(=O)N2CCOCC2)c1. The summed E-state index contributed by atoms with van der Waals surface area (Å²) in [4.78, 5) is 12.0. The van der Waals surface area contributed by atoms with Crippen molar-refractivity contribution in [1.29, 1.82) is 0 Å². The first-order chi connectivity index (χ1) is 12.4. The number of morpholine rings is 1. The molecular weight excluding hydrogens is 359 g/mol. The van der Waals surface area contributed by atoms with E-state index in [4.69, 9.17) is 4.74 Å². The third-order valence-electron chi connectivity index (χ3n) is 4.56. The molecule has 1 fully saturated rings. The average molecular weight is 386 g/mol. The number of nitrogens with zero attached hydrogens (tertiary/aromatic N) is 1. The van der Waals surface area contributed by atoms with Gasteiger partial charge in [-0.25, -0.2) is 12.8 Å². The third-order valence-corrected chi connectivity index (χ3v) is 6.47. The summed E-state index contributed by atoms with van der Waals surface area (Å²) in [6.07, 6.45) is 3.43. The maximum Gasteiger partial charge on any atom is 0.246 e. The molecule has 0 aliphatic carbocycles. The van der Waals surface area contributed by atoms with Gasteiger partial charge < -0.3 is 10.1 Å². The molecule has 0 bridgehead atoms. The largest absolute Gasteiger partial charge is 0.379 e. The Bertz CT molecular complexity index is 718. The maximum absolute atomic E-state index is 14.2. The van der Waals surface area contributed by atoms with Crippen LogP contribution < -0.4 is 5.32 Å². The lowest BCUT2D eigenvalue weighted by Gasteiger charge is -2.26. The summed E-state index contributed by atoms with van der Waals surface area (Å²) in [5.41, 5.74) is 0.290. The van der Waals surface area contributed by atoms with Gasteiger partial charge in [-0.2, -0.15) is 4.31 Å². The molecule has 8 heteroatoms. The van der Waals surface area contributed by atoms with E-state index < -0.39 is 20.7 Å². The van der Waals surface area contributed by atoms with Crippen LogP contribution in [0.2, 0.25) is 0 Å². The van der Waals surface area contributed by atoms with Crippen LogP contribution in [0.4, 0.5) is 10.1 Å². The van der Waals surface area contributed by atoms with Gasteiger partial charge in [0.05, 0.1) is 13.2 Å². The second-order valence-corrected chi connectivity index (χ2v) is 8.30. The van der Waals surface area contributed by atoms with Crippen molar-refractivity contribution in [2.75, 3.05) is 31.6 Å². The van der Waals surface area contributed by atoms with E-state index in [1.54, 1.807) is 0 Å². The number of halogens is 1. The number of carbonyl (C=O) groups excluding carboxylic acids is 1. The van der Waals surface area contributed by atoms with Crippen molar-refractivity contribution in [2.24, 2.45) is 5.92 Å². The summed E-state index contributed by atoms with van der Waals surface area (Å²) in [6.45, 7) is 4.95. The fraction of sp³-hybridized carbons (Fsp3) is 0.611. The van der Waals surface area contributed by atoms with Gasteiger partial charge in [0.1, 0.15) is 10.7 Å². The zero-order valence-electron chi connectivity index (χ0n) is 15.3. The maximum atomic E-state index is 14.2. The second kappa shape index (κ2) is 9.43. The van der Waals surface area contributed by atoms with E-state index in [1.807, 2.05) is 6.92 Å². The predicted molar refractivity (Wildman–Crippen MR) is 97.9 cm³/mol. The Morgan fingerprint density at radius 3 is 2.62 bits per heavy atom. The summed E-state index contributed by atoms with van der Waals surface area (Å²) in [7, 11) is -3.96. The third kappa shape index (κ3) is 5.02. The van der Waals surface area contributed by atoms with Gasteiger partial charge in [-0.15, -0.1) is 0 Å². The first kappa shape index (κ1) is 20.8. The topological polar surface area (TPSA) is 75.7 Å². The number of unbranched alkanes of at least 4 members (excludes halogenated alkanes) is 1.